The van der Waals surface area contributed by atoms with E-state index in [1.165, 1.54) is 17.5 Å². The number of nitrogens with zero attached hydrogens (tertiary/aromatic N) is 1. The van der Waals surface area contributed by atoms with E-state index in [0.717, 1.165) is 73.2 Å². The largest absolute Gasteiger partial charge is 0.490 e. The van der Waals surface area contributed by atoms with Crippen LogP contribution in [0, 0.1) is 11.8 Å². The van der Waals surface area contributed by atoms with Gasteiger partial charge in [0.2, 0.25) is 10.0 Å². The van der Waals surface area contributed by atoms with Crippen LogP contribution in [0.5, 0.6) is 5.75 Å². The van der Waals surface area contributed by atoms with E-state index >= 15 is 0 Å². The number of fused-ring (bicyclic) bond motifs is 4. The Kier molecular flexibility index (Phi) is 10.1. The van der Waals surface area contributed by atoms with Crippen LogP contribution in [0.2, 0.25) is 5.02 Å². The smallest absolute Gasteiger partial charge is 0.264 e. The fourth-order valence-electron chi connectivity index (χ4n) is 8.76. The predicted octanol–water partition coefficient (Wildman–Crippen LogP) is 7.61. The van der Waals surface area contributed by atoms with Crippen molar-refractivity contribution in [1.29, 1.82) is 0 Å². The molecule has 1 saturated carbocycles. The van der Waals surface area contributed by atoms with Crippen molar-refractivity contribution in [2.45, 2.75) is 85.6 Å². The zero-order valence-corrected chi connectivity index (χ0v) is 31.1. The second kappa shape index (κ2) is 14.0. The Morgan fingerprint density at radius 3 is 2.69 bits per heavy atom. The lowest BCUT2D eigenvalue weighted by atomic mass is 9.64. The highest BCUT2D eigenvalue weighted by molar-refractivity contribution is 8.17. The number of sulfonamides is 1. The van der Waals surface area contributed by atoms with Gasteiger partial charge in [0, 0.05) is 36.2 Å². The lowest BCUT2D eigenvalue weighted by Crippen LogP contribution is -2.56. The highest BCUT2D eigenvalue weighted by Gasteiger charge is 2.53. The van der Waals surface area contributed by atoms with Gasteiger partial charge in [0.1, 0.15) is 11.4 Å². The van der Waals surface area contributed by atoms with Gasteiger partial charge in [-0.1, -0.05) is 36.7 Å². The van der Waals surface area contributed by atoms with E-state index in [2.05, 4.69) is 33.9 Å². The number of benzene rings is 2. The second-order valence-electron chi connectivity index (χ2n) is 14.2. The summed E-state index contributed by atoms with van der Waals surface area (Å²) < 4.78 is 43.1. The molecule has 3 aliphatic heterocycles. The molecule has 2 aromatic rings. The van der Waals surface area contributed by atoms with Gasteiger partial charge in [-0.05, 0) is 123 Å². The van der Waals surface area contributed by atoms with Crippen LogP contribution in [-0.2, 0) is 26.6 Å². The van der Waals surface area contributed by atoms with E-state index in [9.17, 15) is 13.2 Å². The molecule has 5 aliphatic rings. The van der Waals surface area contributed by atoms with Gasteiger partial charge in [0.15, 0.2) is 0 Å². The monoisotopic (exact) mass is 730 g/mol. The molecule has 2 fully saturated rings. The number of thioether (sulfide) groups is 2. The third kappa shape index (κ3) is 6.42. The average Bonchev–Trinajstić information content (AvgIpc) is 3.22. The van der Waals surface area contributed by atoms with E-state index in [-0.39, 0.29) is 10.00 Å². The van der Waals surface area contributed by atoms with Gasteiger partial charge in [-0.2, -0.15) is 0 Å². The van der Waals surface area contributed by atoms with Crippen LogP contribution in [0.25, 0.3) is 0 Å². The normalized spacial score (nSPS) is 32.9. The molecule has 11 heteroatoms. The van der Waals surface area contributed by atoms with Crippen LogP contribution in [-0.4, -0.2) is 68.1 Å². The summed E-state index contributed by atoms with van der Waals surface area (Å²) >= 11 is 10.5. The number of anilines is 1. The summed E-state index contributed by atoms with van der Waals surface area (Å²) in [6.45, 7) is 3.93. The molecule has 2 bridgehead atoms. The van der Waals surface area contributed by atoms with Crippen LogP contribution < -0.4 is 14.4 Å². The summed E-state index contributed by atoms with van der Waals surface area (Å²) in [6, 6.07) is 11.7. The number of methoxy groups -OCH3 is 1. The zero-order chi connectivity index (χ0) is 33.5. The van der Waals surface area contributed by atoms with Gasteiger partial charge in [-0.3, -0.25) is 4.79 Å². The molecule has 5 atom stereocenters. The van der Waals surface area contributed by atoms with Crippen molar-refractivity contribution in [2.24, 2.45) is 11.8 Å². The number of aryl methyl sites for hydroxylation is 1. The predicted molar refractivity (Wildman–Crippen MR) is 198 cm³/mol. The first kappa shape index (κ1) is 34.6. The number of carbonyl (C=O) groups is 1. The van der Waals surface area contributed by atoms with Crippen LogP contribution in [0.4, 0.5) is 5.69 Å². The van der Waals surface area contributed by atoms with E-state index in [0.29, 0.717) is 43.3 Å². The molecular weight excluding hydrogens is 684 g/mol. The highest BCUT2D eigenvalue weighted by atomic mass is 35.5. The highest BCUT2D eigenvalue weighted by Crippen LogP contribution is 2.54. The lowest BCUT2D eigenvalue weighted by molar-refractivity contribution is -0.0638. The van der Waals surface area contributed by atoms with E-state index < -0.39 is 26.8 Å². The maximum atomic E-state index is 13.6. The Bertz CT molecular complexity index is 1660. The Labute approximate surface area is 299 Å². The van der Waals surface area contributed by atoms with Gasteiger partial charge in [-0.15, -0.1) is 23.5 Å². The first-order valence-corrected chi connectivity index (χ1v) is 21.5. The van der Waals surface area contributed by atoms with Crippen molar-refractivity contribution in [3.8, 4) is 5.75 Å². The van der Waals surface area contributed by atoms with Crippen molar-refractivity contribution >= 4 is 56.7 Å². The SMILES string of the molecule is CC[C@@H]1CC/C=C/[C@](OC)(C2SCCCS2)[C@@H]2CC[C@H]2CN2C[C@@]3(CCCc4cc(Cl)ccc43)COc3ccc(cc32)C(=O)NS1(=O)=O. The maximum absolute atomic E-state index is 13.6. The molecule has 1 N–H and O–H groups in total. The molecular formula is C37H47ClN2O5S3. The zero-order valence-electron chi connectivity index (χ0n) is 27.9. The third-order valence-corrected chi connectivity index (χ3v) is 16.8. The second-order valence-corrected chi connectivity index (χ2v) is 19.3. The van der Waals surface area contributed by atoms with E-state index in [1.807, 2.05) is 55.8 Å². The van der Waals surface area contributed by atoms with Crippen LogP contribution in [0.1, 0.15) is 79.8 Å². The lowest BCUT2D eigenvalue weighted by Gasteiger charge is -2.53. The Hall–Kier alpha value is -1.85. The molecule has 48 heavy (non-hydrogen) atoms. The molecule has 7 rings (SSSR count). The molecule has 0 unspecified atom stereocenters. The van der Waals surface area contributed by atoms with Crippen LogP contribution in [0.3, 0.4) is 0 Å². The first-order chi connectivity index (χ1) is 23.2. The molecule has 260 valence electrons. The van der Waals surface area contributed by atoms with Crippen molar-refractivity contribution in [1.82, 2.24) is 4.72 Å². The first-order valence-electron chi connectivity index (χ1n) is 17.5. The molecule has 1 spiro atoms. The third-order valence-electron chi connectivity index (χ3n) is 11.5. The van der Waals surface area contributed by atoms with Crippen molar-refractivity contribution in [3.63, 3.8) is 0 Å². The van der Waals surface area contributed by atoms with Gasteiger partial charge < -0.3 is 14.4 Å². The summed E-state index contributed by atoms with van der Waals surface area (Å²) in [7, 11) is -2.03. The van der Waals surface area contributed by atoms with Gasteiger partial charge in [0.25, 0.3) is 5.91 Å². The average molecular weight is 731 g/mol. The van der Waals surface area contributed by atoms with Crippen LogP contribution >= 0.6 is 35.1 Å². The Morgan fingerprint density at radius 2 is 1.94 bits per heavy atom. The van der Waals surface area contributed by atoms with E-state index in [4.69, 9.17) is 21.1 Å². The number of hydrogen-bond acceptors (Lipinski definition) is 8. The molecule has 1 saturated heterocycles. The van der Waals surface area contributed by atoms with Crippen LogP contribution in [0.15, 0.2) is 48.6 Å². The minimum absolute atomic E-state index is 0.245. The minimum atomic E-state index is -3.89. The van der Waals surface area contributed by atoms with Gasteiger partial charge in [-0.25, -0.2) is 13.1 Å². The molecule has 2 aliphatic carbocycles. The number of amides is 1. The summed E-state index contributed by atoms with van der Waals surface area (Å²) in [5.41, 5.74) is 3.05. The van der Waals surface area contributed by atoms with Crippen molar-refractivity contribution < 1.29 is 22.7 Å². The van der Waals surface area contributed by atoms with Gasteiger partial charge >= 0.3 is 0 Å². The molecule has 7 nitrogen and oxygen atoms in total. The minimum Gasteiger partial charge on any atom is -0.490 e. The quantitative estimate of drug-likeness (QED) is 0.323. The summed E-state index contributed by atoms with van der Waals surface area (Å²) in [4.78, 5) is 16.0. The summed E-state index contributed by atoms with van der Waals surface area (Å²) in [5, 5.41) is 0.0792. The number of ether oxygens (including phenoxy) is 2. The molecule has 1 amide bonds. The number of hydrogen-bond donors (Lipinski definition) is 1. The summed E-state index contributed by atoms with van der Waals surface area (Å²) in [5.74, 6) is 3.06. The molecule has 0 aromatic heterocycles. The fraction of sp³-hybridized carbons (Fsp3) is 0.595. The van der Waals surface area contributed by atoms with E-state index in [1.54, 1.807) is 6.07 Å². The number of nitrogens with one attached hydrogen (secondary N) is 1. The Morgan fingerprint density at radius 1 is 1.10 bits per heavy atom. The Balaban J connectivity index is 1.33. The topological polar surface area (TPSA) is 84.9 Å². The van der Waals surface area contributed by atoms with Crippen molar-refractivity contribution in [2.75, 3.05) is 43.2 Å². The molecule has 2 aromatic carbocycles. The number of carbonyl (C=O) groups excluding carboxylic acids is 1. The van der Waals surface area contributed by atoms with Crippen molar-refractivity contribution in [3.05, 3.63) is 70.3 Å². The number of allylic oxidation sites excluding steroid dienone is 1. The number of halogens is 1. The number of rotatable bonds is 3. The molecule has 0 radical (unpaired) electrons. The van der Waals surface area contributed by atoms with Gasteiger partial charge in [0.05, 0.1) is 22.1 Å². The summed E-state index contributed by atoms with van der Waals surface area (Å²) in [6.07, 6.45) is 12.3. The molecule has 3 heterocycles. The fourth-order valence-corrected chi connectivity index (χ4v) is 13.8. The maximum Gasteiger partial charge on any atom is 0.264 e. The standard InChI is InChI=1S/C37H47ClN2O5S3/c1-3-29-9-4-5-17-37(44-2,35-46-18-7-19-47-35)31-13-10-27(31)22-40-23-36(16-6-8-25-20-28(38)12-14-30(25)36)24-45-33-15-11-26(21-32(33)40)34(41)39-48(29,42)43/h5,11-12,14-15,17,20-21,27,29,31,35H,3-4,6-10,13,16,18-19,22-24H2,1-2H3,(H,39,41)/b17-5+/t27-,29+,31+,36-,37+/m0/s1.